The molecule has 2 aromatic heterocycles. The van der Waals surface area contributed by atoms with Gasteiger partial charge in [-0.1, -0.05) is 41.4 Å². The third kappa shape index (κ3) is 2.51. The van der Waals surface area contributed by atoms with Crippen LogP contribution in [-0.2, 0) is 4.79 Å². The molecule has 0 spiro atoms. The molecule has 25 heavy (non-hydrogen) atoms. The first-order chi connectivity index (χ1) is 12.0. The standard InChI is InChI=1S/C18H13Cl2N3O2/c1-9-4-3-7-23-16(9)22-18(25)14-11(8-13(24)21-17(14)23)10-5-2-6-12(19)15(10)20/h2-7,11H,8H2,1H3,(H,21,24)/t11-/m0/s1. The molecule has 126 valence electrons. The van der Waals surface area contributed by atoms with Gasteiger partial charge in [-0.25, -0.2) is 0 Å². The van der Waals surface area contributed by atoms with Crippen LogP contribution in [0.25, 0.3) is 5.65 Å². The highest BCUT2D eigenvalue weighted by atomic mass is 35.5. The zero-order valence-electron chi connectivity index (χ0n) is 13.2. The molecule has 1 N–H and O–H groups in total. The normalized spacial score (nSPS) is 16.6. The molecule has 0 saturated heterocycles. The average molecular weight is 374 g/mol. The fourth-order valence-corrected chi connectivity index (χ4v) is 3.73. The number of benzene rings is 1. The summed E-state index contributed by atoms with van der Waals surface area (Å²) in [7, 11) is 0. The summed E-state index contributed by atoms with van der Waals surface area (Å²) in [6.45, 7) is 1.87. The maximum atomic E-state index is 12.8. The van der Waals surface area contributed by atoms with E-state index >= 15 is 0 Å². The Bertz CT molecular complexity index is 1090. The minimum Gasteiger partial charge on any atom is -0.311 e. The molecule has 5 nitrogen and oxygen atoms in total. The molecule has 0 bridgehead atoms. The van der Waals surface area contributed by atoms with Crippen molar-refractivity contribution in [2.24, 2.45) is 0 Å². The van der Waals surface area contributed by atoms with Gasteiger partial charge in [0.1, 0.15) is 11.5 Å². The lowest BCUT2D eigenvalue weighted by Crippen LogP contribution is -2.32. The first kappa shape index (κ1) is 16.1. The number of aromatic nitrogens is 2. The van der Waals surface area contributed by atoms with Gasteiger partial charge in [-0.15, -0.1) is 0 Å². The van der Waals surface area contributed by atoms with E-state index < -0.39 is 5.92 Å². The van der Waals surface area contributed by atoms with Gasteiger partial charge in [-0.3, -0.25) is 14.0 Å². The Kier molecular flexibility index (Phi) is 3.78. The van der Waals surface area contributed by atoms with E-state index in [9.17, 15) is 9.59 Å². The van der Waals surface area contributed by atoms with Gasteiger partial charge in [0, 0.05) is 18.5 Å². The molecule has 3 heterocycles. The molecule has 4 rings (SSSR count). The third-order valence-corrected chi connectivity index (χ3v) is 5.28. The second kappa shape index (κ2) is 5.86. The summed E-state index contributed by atoms with van der Waals surface area (Å²) in [6.07, 6.45) is 1.89. The fraction of sp³-hybridized carbons (Fsp3) is 0.167. The van der Waals surface area contributed by atoms with E-state index in [-0.39, 0.29) is 17.9 Å². The number of carbonyl (C=O) groups excluding carboxylic acids is 1. The van der Waals surface area contributed by atoms with Crippen LogP contribution in [-0.4, -0.2) is 15.3 Å². The number of aryl methyl sites for hydroxylation is 1. The van der Waals surface area contributed by atoms with E-state index in [1.54, 1.807) is 28.8 Å². The lowest BCUT2D eigenvalue weighted by molar-refractivity contribution is -0.116. The molecule has 0 fully saturated rings. The zero-order valence-corrected chi connectivity index (χ0v) is 14.7. The van der Waals surface area contributed by atoms with Crippen molar-refractivity contribution < 1.29 is 4.79 Å². The summed E-state index contributed by atoms with van der Waals surface area (Å²) in [5.41, 5.74) is 2.07. The molecule has 1 amide bonds. The third-order valence-electron chi connectivity index (χ3n) is 4.45. The van der Waals surface area contributed by atoms with Gasteiger partial charge in [0.2, 0.25) is 5.91 Å². The van der Waals surface area contributed by atoms with Crippen LogP contribution in [0.4, 0.5) is 5.82 Å². The summed E-state index contributed by atoms with van der Waals surface area (Å²) in [5, 5.41) is 3.55. The monoisotopic (exact) mass is 373 g/mol. The molecule has 1 aromatic carbocycles. The SMILES string of the molecule is Cc1cccn2c3c(c(=O)nc12)[C@H](c1cccc(Cl)c1Cl)CC(=O)N3. The van der Waals surface area contributed by atoms with Gasteiger partial charge in [0.15, 0.2) is 0 Å². The molecule has 0 aliphatic carbocycles. The first-order valence-electron chi connectivity index (χ1n) is 7.73. The Labute approximate surface area is 153 Å². The highest BCUT2D eigenvalue weighted by Crippen LogP contribution is 2.40. The maximum Gasteiger partial charge on any atom is 0.279 e. The number of hydrogen-bond donors (Lipinski definition) is 1. The van der Waals surface area contributed by atoms with Crippen LogP contribution < -0.4 is 10.9 Å². The zero-order chi connectivity index (χ0) is 17.7. The number of fused-ring (bicyclic) bond motifs is 3. The second-order valence-electron chi connectivity index (χ2n) is 6.01. The molecule has 1 atom stereocenters. The van der Waals surface area contributed by atoms with E-state index in [4.69, 9.17) is 23.2 Å². The van der Waals surface area contributed by atoms with Crippen LogP contribution in [0.3, 0.4) is 0 Å². The van der Waals surface area contributed by atoms with Crippen LogP contribution in [0, 0.1) is 6.92 Å². The predicted molar refractivity (Wildman–Crippen MR) is 97.8 cm³/mol. The van der Waals surface area contributed by atoms with Crippen molar-refractivity contribution in [3.8, 4) is 0 Å². The molecular formula is C18H13Cl2N3O2. The van der Waals surface area contributed by atoms with Crippen LogP contribution in [0.1, 0.15) is 29.0 Å². The van der Waals surface area contributed by atoms with Gasteiger partial charge < -0.3 is 5.32 Å². The van der Waals surface area contributed by atoms with Crippen LogP contribution >= 0.6 is 23.2 Å². The summed E-state index contributed by atoms with van der Waals surface area (Å²) >= 11 is 12.5. The molecule has 0 radical (unpaired) electrons. The van der Waals surface area contributed by atoms with Crippen molar-refractivity contribution in [1.82, 2.24) is 9.38 Å². The minimum atomic E-state index is -0.493. The minimum absolute atomic E-state index is 0.113. The van der Waals surface area contributed by atoms with Gasteiger partial charge in [0.05, 0.1) is 15.6 Å². The molecule has 1 aliphatic heterocycles. The summed E-state index contributed by atoms with van der Waals surface area (Å²) < 4.78 is 1.73. The Hall–Kier alpha value is -2.37. The Morgan fingerprint density at radius 3 is 2.80 bits per heavy atom. The van der Waals surface area contributed by atoms with Gasteiger partial charge in [0.25, 0.3) is 5.56 Å². The lowest BCUT2D eigenvalue weighted by Gasteiger charge is -2.27. The molecule has 3 aromatic rings. The van der Waals surface area contributed by atoms with Crippen molar-refractivity contribution in [2.75, 3.05) is 5.32 Å². The largest absolute Gasteiger partial charge is 0.311 e. The van der Waals surface area contributed by atoms with E-state index in [1.165, 1.54) is 0 Å². The van der Waals surface area contributed by atoms with Crippen molar-refractivity contribution in [1.29, 1.82) is 0 Å². The van der Waals surface area contributed by atoms with Gasteiger partial charge in [-0.05, 0) is 30.2 Å². The van der Waals surface area contributed by atoms with Gasteiger partial charge in [-0.2, -0.15) is 4.98 Å². The molecule has 1 aliphatic rings. The van der Waals surface area contributed by atoms with Crippen molar-refractivity contribution in [3.63, 3.8) is 0 Å². The van der Waals surface area contributed by atoms with E-state index in [1.807, 2.05) is 19.1 Å². The van der Waals surface area contributed by atoms with Crippen molar-refractivity contribution in [2.45, 2.75) is 19.3 Å². The summed E-state index contributed by atoms with van der Waals surface area (Å²) in [5.74, 6) is -0.238. The highest BCUT2D eigenvalue weighted by Gasteiger charge is 2.33. The number of carbonyl (C=O) groups is 1. The predicted octanol–water partition coefficient (Wildman–Crippen LogP) is 3.78. The summed E-state index contributed by atoms with van der Waals surface area (Å²) in [4.78, 5) is 29.3. The number of rotatable bonds is 1. The fourth-order valence-electron chi connectivity index (χ4n) is 3.29. The first-order valence-corrected chi connectivity index (χ1v) is 8.48. The number of halogens is 2. The summed E-state index contributed by atoms with van der Waals surface area (Å²) in [6, 6.07) is 8.92. The topological polar surface area (TPSA) is 63.5 Å². The second-order valence-corrected chi connectivity index (χ2v) is 6.80. The Morgan fingerprint density at radius 2 is 2.00 bits per heavy atom. The van der Waals surface area contributed by atoms with E-state index in [0.717, 1.165) is 5.56 Å². The van der Waals surface area contributed by atoms with Crippen molar-refractivity contribution >= 4 is 40.6 Å². The number of hydrogen-bond acceptors (Lipinski definition) is 3. The lowest BCUT2D eigenvalue weighted by atomic mass is 9.86. The number of amides is 1. The number of nitrogens with zero attached hydrogens (tertiary/aromatic N) is 2. The number of anilines is 1. The quantitative estimate of drug-likeness (QED) is 0.705. The average Bonchev–Trinajstić information content (AvgIpc) is 2.58. The van der Waals surface area contributed by atoms with Crippen molar-refractivity contribution in [3.05, 3.63) is 73.6 Å². The van der Waals surface area contributed by atoms with Gasteiger partial charge >= 0.3 is 0 Å². The Morgan fingerprint density at radius 1 is 1.20 bits per heavy atom. The molecular weight excluding hydrogens is 361 g/mol. The number of nitrogens with one attached hydrogen (secondary N) is 1. The maximum absolute atomic E-state index is 12.8. The van der Waals surface area contributed by atoms with Crippen LogP contribution in [0.5, 0.6) is 0 Å². The van der Waals surface area contributed by atoms with E-state index in [0.29, 0.717) is 32.6 Å². The van der Waals surface area contributed by atoms with Crippen LogP contribution in [0.15, 0.2) is 41.3 Å². The highest BCUT2D eigenvalue weighted by molar-refractivity contribution is 6.42. The molecule has 0 saturated carbocycles. The smallest absolute Gasteiger partial charge is 0.279 e. The van der Waals surface area contributed by atoms with E-state index in [2.05, 4.69) is 10.3 Å². The number of pyridine rings is 1. The Balaban J connectivity index is 2.06. The molecule has 7 heteroatoms. The van der Waals surface area contributed by atoms with Crippen LogP contribution in [0.2, 0.25) is 10.0 Å². The molecule has 0 unspecified atom stereocenters.